The zero-order valence-electron chi connectivity index (χ0n) is 43.0. The molecular weight excluding hydrogens is 1000 g/mol. The third kappa shape index (κ3) is 12.9. The number of ether oxygens (including phenoxy) is 2. The monoisotopic (exact) mass is 1060 g/mol. The molecule has 2 bridgehead atoms. The van der Waals surface area contributed by atoms with Crippen LogP contribution in [0.3, 0.4) is 0 Å². The van der Waals surface area contributed by atoms with Crippen LogP contribution in [-0.4, -0.2) is 147 Å². The Balaban J connectivity index is 1.05. The Hall–Kier alpha value is -6.87. The number of carbonyl (C=O) groups is 4. The summed E-state index contributed by atoms with van der Waals surface area (Å²) in [6.45, 7) is 7.96. The number of likely N-dealkylation sites (tertiary alicyclic amines) is 1. The number of hydrazine groups is 1. The fraction of sp³-hybridized carbons (Fsp3) is 0.509. The van der Waals surface area contributed by atoms with E-state index in [1.165, 1.54) is 0 Å². The Bertz CT molecular complexity index is 2800. The Morgan fingerprint density at radius 2 is 1.53 bits per heavy atom. The number of aromatic nitrogens is 3. The summed E-state index contributed by atoms with van der Waals surface area (Å²) in [7, 11) is 0.899. The molecule has 3 saturated heterocycles. The van der Waals surface area contributed by atoms with E-state index in [0.29, 0.717) is 54.4 Å². The zero-order chi connectivity index (χ0) is 54.9. The number of hydrogen-bond acceptors (Lipinski definition) is 12. The van der Waals surface area contributed by atoms with Crippen molar-refractivity contribution in [2.24, 2.45) is 10.8 Å². The number of alkyl halides is 3. The molecule has 408 valence electrons. The summed E-state index contributed by atoms with van der Waals surface area (Å²) in [5.41, 5.74) is -0.0227. The number of nitrogens with one attached hydrogen (secondary N) is 4. The minimum atomic E-state index is -5.06. The van der Waals surface area contributed by atoms with Crippen molar-refractivity contribution in [2.75, 3.05) is 44.9 Å². The van der Waals surface area contributed by atoms with Gasteiger partial charge in [0.15, 0.2) is 0 Å². The number of carboxylic acid groups (broad SMARTS) is 1. The van der Waals surface area contributed by atoms with Gasteiger partial charge in [0, 0.05) is 72.9 Å². The molecule has 8 rings (SSSR count). The van der Waals surface area contributed by atoms with Crippen molar-refractivity contribution in [1.82, 2.24) is 46.0 Å². The first-order valence-corrected chi connectivity index (χ1v) is 25.0. The molecule has 0 radical (unpaired) electrons. The molecule has 4 amide bonds. The van der Waals surface area contributed by atoms with Gasteiger partial charge in [-0.2, -0.15) is 18.3 Å². The zero-order valence-corrected chi connectivity index (χ0v) is 43.0. The van der Waals surface area contributed by atoms with Crippen LogP contribution in [0.1, 0.15) is 82.2 Å². The highest BCUT2D eigenvalue weighted by molar-refractivity contribution is 5.87. The van der Waals surface area contributed by atoms with E-state index in [4.69, 9.17) is 9.72 Å². The van der Waals surface area contributed by atoms with Gasteiger partial charge in [0.05, 0.1) is 55.7 Å². The Morgan fingerprint density at radius 3 is 2.08 bits per heavy atom. The van der Waals surface area contributed by atoms with Gasteiger partial charge in [0.2, 0.25) is 5.91 Å². The molecule has 2 aromatic carbocycles. The van der Waals surface area contributed by atoms with Gasteiger partial charge >= 0.3 is 18.4 Å². The van der Waals surface area contributed by atoms with Crippen molar-refractivity contribution >= 4 is 29.8 Å². The second-order valence-electron chi connectivity index (χ2n) is 21.5. The summed E-state index contributed by atoms with van der Waals surface area (Å²) in [5.74, 6) is 2.57. The van der Waals surface area contributed by atoms with Gasteiger partial charge in [-0.1, -0.05) is 44.7 Å². The summed E-state index contributed by atoms with van der Waals surface area (Å²) >= 11 is 0. The molecule has 1 aliphatic carbocycles. The van der Waals surface area contributed by atoms with Crippen LogP contribution in [-0.2, 0) is 32.0 Å². The lowest BCUT2D eigenvalue weighted by Crippen LogP contribution is -2.63. The first-order chi connectivity index (χ1) is 35.9. The van der Waals surface area contributed by atoms with Crippen molar-refractivity contribution in [3.63, 3.8) is 0 Å². The van der Waals surface area contributed by atoms with E-state index in [1.807, 2.05) is 17.4 Å². The summed E-state index contributed by atoms with van der Waals surface area (Å²) in [6, 6.07) is 10.3. The lowest BCUT2D eigenvalue weighted by molar-refractivity contribution is -0.220. The number of hydrogen-bond donors (Lipinski definition) is 6. The molecule has 1 saturated carbocycles. The Labute approximate surface area is 436 Å². The van der Waals surface area contributed by atoms with Gasteiger partial charge in [-0.05, 0) is 93.0 Å². The summed E-state index contributed by atoms with van der Waals surface area (Å²) < 4.78 is 87.6. The van der Waals surface area contributed by atoms with E-state index in [0.717, 1.165) is 75.6 Å². The highest BCUT2D eigenvalue weighted by Crippen LogP contribution is 2.41. The average molecular weight is 1060 g/mol. The lowest BCUT2D eigenvalue weighted by atomic mass is 9.82. The minimum absolute atomic E-state index is 0.117. The lowest BCUT2D eigenvalue weighted by Gasteiger charge is -2.42. The number of piperazine rings is 1. The highest BCUT2D eigenvalue weighted by Gasteiger charge is 2.56. The fourth-order valence-corrected chi connectivity index (χ4v) is 9.71. The summed E-state index contributed by atoms with van der Waals surface area (Å²) in [6.07, 6.45) is -3.79. The molecule has 2 aromatic heterocycles. The van der Waals surface area contributed by atoms with Gasteiger partial charge in [0.25, 0.3) is 5.91 Å². The molecule has 4 fully saturated rings. The quantitative estimate of drug-likeness (QED) is 0.0411. The number of aliphatic hydroxyl groups excluding tert-OH is 1. The average Bonchev–Trinajstić information content (AvgIpc) is 3.75. The number of halogens is 5. The molecule has 23 heteroatoms. The molecule has 3 aliphatic heterocycles. The number of pyridine rings is 1. The maximum Gasteiger partial charge on any atom is 0.407 e. The van der Waals surface area contributed by atoms with Crippen LogP contribution >= 0.6 is 0 Å². The standard InChI is InChI=1S/C53H63F5N10O8/c1-51(2,3)45(61-49(72)73)48(71)64-65(26-38-39(54)20-33(21-40(38)55)41-17-18-68(63-41)34-14-15-34)27-43(69)42(60-47(70)46(62-50(74)75-6)52(4,5)53(56,57)58)19-31-10-7-30(8-11-31)9-12-32-13-16-44(59-23-32)67-25-35-22-36(67)24-66(35)37-28-76-29-37/h7-8,10-11,13,16-18,20-21,23,34-37,42-43,45-46,61,69H,14-15,19,22,24-29H2,1-6H3,(H,60,70)(H,62,74)(H,64,71)(H,72,73)/t35-,36-,42?,43?,45?,46?/m1/s1. The minimum Gasteiger partial charge on any atom is -0.465 e. The van der Waals surface area contributed by atoms with Crippen molar-refractivity contribution in [1.29, 1.82) is 0 Å². The molecule has 0 spiro atoms. The number of amides is 4. The van der Waals surface area contributed by atoms with Crippen LogP contribution in [0.5, 0.6) is 0 Å². The number of methoxy groups -OCH3 is 1. The number of rotatable bonds is 18. The number of nitrogens with zero attached hydrogens (tertiary/aromatic N) is 6. The van der Waals surface area contributed by atoms with Gasteiger partial charge < -0.3 is 40.5 Å². The number of alkyl carbamates (subject to hydrolysis) is 1. The number of aliphatic hydroxyl groups is 1. The Morgan fingerprint density at radius 1 is 0.855 bits per heavy atom. The first kappa shape index (κ1) is 55.4. The van der Waals surface area contributed by atoms with Crippen LogP contribution in [0.25, 0.3) is 11.3 Å². The predicted octanol–water partition coefficient (Wildman–Crippen LogP) is 5.54. The third-order valence-corrected chi connectivity index (χ3v) is 14.5. The molecular formula is C53H63F5N10O8. The van der Waals surface area contributed by atoms with Crippen molar-refractivity contribution < 1.29 is 60.8 Å². The van der Waals surface area contributed by atoms with E-state index in [2.05, 4.69) is 47.5 Å². The third-order valence-electron chi connectivity index (χ3n) is 14.5. The smallest absolute Gasteiger partial charge is 0.407 e. The second-order valence-corrected chi connectivity index (χ2v) is 21.5. The van der Waals surface area contributed by atoms with Crippen LogP contribution < -0.4 is 26.3 Å². The molecule has 6 atom stereocenters. The van der Waals surface area contributed by atoms with Crippen molar-refractivity contribution in [3.05, 3.63) is 101 Å². The van der Waals surface area contributed by atoms with Gasteiger partial charge in [0.1, 0.15) is 29.5 Å². The van der Waals surface area contributed by atoms with E-state index >= 15 is 8.78 Å². The SMILES string of the molecule is COC(=O)NC(C(=O)NC(Cc1ccc(C#Cc2ccc(N3C[C@H]4C[C@@H]3CN4C3COC3)nc2)cc1)C(O)CN(Cc1c(F)cc(-c2ccn(C3CC3)n2)cc1F)NC(=O)C(NC(=O)O)C(C)(C)C)C(C)(C)C(F)(F)F. The molecule has 5 heterocycles. The van der Waals surface area contributed by atoms with Crippen LogP contribution in [0.15, 0.2) is 67.0 Å². The number of anilines is 1. The number of carbonyl (C=O) groups excluding carboxylic acids is 3. The predicted molar refractivity (Wildman–Crippen MR) is 267 cm³/mol. The largest absolute Gasteiger partial charge is 0.465 e. The number of benzene rings is 2. The van der Waals surface area contributed by atoms with E-state index in [1.54, 1.807) is 68.2 Å². The van der Waals surface area contributed by atoms with Crippen LogP contribution in [0, 0.1) is 34.3 Å². The molecule has 6 N–H and O–H groups in total. The topological polar surface area (TPSA) is 216 Å². The molecule has 76 heavy (non-hydrogen) atoms. The molecule has 4 aliphatic rings. The van der Waals surface area contributed by atoms with E-state index in [9.17, 15) is 42.6 Å². The maximum absolute atomic E-state index is 16.1. The highest BCUT2D eigenvalue weighted by atomic mass is 19.4. The number of fused-ring (bicyclic) bond motifs is 2. The summed E-state index contributed by atoms with van der Waals surface area (Å²) in [5, 5.41) is 33.6. The second kappa shape index (κ2) is 22.4. The summed E-state index contributed by atoms with van der Waals surface area (Å²) in [4.78, 5) is 61.9. The van der Waals surface area contributed by atoms with Crippen LogP contribution in [0.4, 0.5) is 37.4 Å². The molecule has 4 aromatic rings. The van der Waals surface area contributed by atoms with Gasteiger partial charge in [-0.3, -0.25) is 24.6 Å². The normalized spacial score (nSPS) is 19.5. The van der Waals surface area contributed by atoms with Gasteiger partial charge in [-0.15, -0.1) is 0 Å². The fourth-order valence-electron chi connectivity index (χ4n) is 9.71. The van der Waals surface area contributed by atoms with Gasteiger partial charge in [-0.25, -0.2) is 28.4 Å². The van der Waals surface area contributed by atoms with Crippen molar-refractivity contribution in [2.45, 2.75) is 121 Å². The van der Waals surface area contributed by atoms with E-state index in [-0.39, 0.29) is 18.0 Å². The maximum atomic E-state index is 16.1. The first-order valence-electron chi connectivity index (χ1n) is 25.0. The Kier molecular flexibility index (Phi) is 16.3. The molecule has 4 unspecified atom stereocenters. The molecule has 18 nitrogen and oxygen atoms in total. The van der Waals surface area contributed by atoms with Crippen molar-refractivity contribution in [3.8, 4) is 23.1 Å². The van der Waals surface area contributed by atoms with E-state index < -0.39 is 95.5 Å². The van der Waals surface area contributed by atoms with Crippen LogP contribution in [0.2, 0.25) is 0 Å².